The summed E-state index contributed by atoms with van der Waals surface area (Å²) >= 11 is 0. The van der Waals surface area contributed by atoms with Crippen LogP contribution in [-0.4, -0.2) is 64.6 Å². The summed E-state index contributed by atoms with van der Waals surface area (Å²) in [5.74, 6) is 0. The van der Waals surface area contributed by atoms with Crippen LogP contribution in [0.2, 0.25) is 0 Å². The Morgan fingerprint density at radius 3 is 1.07 bits per heavy atom. The molecule has 5 nitrogen and oxygen atoms in total. The Morgan fingerprint density at radius 1 is 0.786 bits per heavy atom. The zero-order valence-corrected chi connectivity index (χ0v) is 9.65. The van der Waals surface area contributed by atoms with Gasteiger partial charge in [0.15, 0.2) is 0 Å². The number of aliphatic hydroxyl groups is 2. The molecule has 0 aromatic rings. The van der Waals surface area contributed by atoms with E-state index in [1.807, 2.05) is 6.92 Å². The second-order valence-electron chi connectivity index (χ2n) is 2.01. The quantitative estimate of drug-likeness (QED) is 0.666. The van der Waals surface area contributed by atoms with Gasteiger partial charge in [-0.05, 0) is 6.92 Å². The minimum Gasteiger partial charge on any atom is -0.394 e. The molecular formula is C9H24O5. The van der Waals surface area contributed by atoms with E-state index >= 15 is 0 Å². The molecule has 0 spiro atoms. The monoisotopic (exact) mass is 212 g/mol. The fourth-order valence-electron chi connectivity index (χ4n) is 0.183. The molecule has 0 rings (SSSR count). The summed E-state index contributed by atoms with van der Waals surface area (Å²) in [7, 11) is 4.78. The van der Waals surface area contributed by atoms with Crippen molar-refractivity contribution in [1.82, 2.24) is 0 Å². The van der Waals surface area contributed by atoms with Gasteiger partial charge in [-0.15, -0.1) is 0 Å². The van der Waals surface area contributed by atoms with Crippen LogP contribution < -0.4 is 0 Å². The Kier molecular flexibility index (Phi) is 40.6. The normalized spacial score (nSPS) is 8.14. The van der Waals surface area contributed by atoms with Crippen LogP contribution in [0.4, 0.5) is 0 Å². The van der Waals surface area contributed by atoms with Gasteiger partial charge in [-0.2, -0.15) is 0 Å². The molecule has 0 aliphatic carbocycles. The van der Waals surface area contributed by atoms with Crippen molar-refractivity contribution >= 4 is 0 Å². The van der Waals surface area contributed by atoms with Crippen molar-refractivity contribution in [2.75, 3.05) is 54.4 Å². The van der Waals surface area contributed by atoms with Crippen LogP contribution in [-0.2, 0) is 14.2 Å². The third-order valence-corrected chi connectivity index (χ3v) is 0.879. The number of ether oxygens (including phenoxy) is 3. The number of methoxy groups -OCH3 is 3. The Balaban J connectivity index is -0.000000131. The topological polar surface area (TPSA) is 68.2 Å². The number of aliphatic hydroxyl groups excluding tert-OH is 2. The van der Waals surface area contributed by atoms with Crippen LogP contribution in [0.25, 0.3) is 0 Å². The number of rotatable bonds is 5. The molecule has 0 radical (unpaired) electrons. The first-order valence-corrected chi connectivity index (χ1v) is 4.43. The highest BCUT2D eigenvalue weighted by molar-refractivity contribution is 4.13. The molecule has 0 saturated heterocycles. The minimum absolute atomic E-state index is 0.122. The van der Waals surface area contributed by atoms with E-state index in [9.17, 15) is 0 Å². The van der Waals surface area contributed by atoms with Gasteiger partial charge in [-0.1, -0.05) is 0 Å². The molecule has 90 valence electrons. The van der Waals surface area contributed by atoms with Crippen LogP contribution in [0.1, 0.15) is 6.92 Å². The molecule has 0 aromatic carbocycles. The van der Waals surface area contributed by atoms with Crippen LogP contribution >= 0.6 is 0 Å². The van der Waals surface area contributed by atoms with E-state index in [1.54, 1.807) is 21.3 Å². The van der Waals surface area contributed by atoms with Crippen molar-refractivity contribution in [1.29, 1.82) is 0 Å². The summed E-state index contributed by atoms with van der Waals surface area (Å²) in [6.45, 7) is 3.91. The Morgan fingerprint density at radius 2 is 1.07 bits per heavy atom. The molecule has 14 heavy (non-hydrogen) atoms. The molecule has 0 aliphatic rings. The molecule has 0 heterocycles. The van der Waals surface area contributed by atoms with E-state index in [0.717, 1.165) is 6.61 Å². The zero-order valence-electron chi connectivity index (χ0n) is 9.65. The van der Waals surface area contributed by atoms with E-state index in [-0.39, 0.29) is 13.2 Å². The maximum Gasteiger partial charge on any atom is 0.0693 e. The molecule has 0 saturated carbocycles. The largest absolute Gasteiger partial charge is 0.394 e. The SMILES string of the molecule is CCOC.COCCO.COCCO. The van der Waals surface area contributed by atoms with Crippen molar-refractivity contribution in [3.05, 3.63) is 0 Å². The maximum atomic E-state index is 7.94. The van der Waals surface area contributed by atoms with Crippen molar-refractivity contribution < 1.29 is 24.4 Å². The predicted molar refractivity (Wildman–Crippen MR) is 55.5 cm³/mol. The van der Waals surface area contributed by atoms with E-state index in [2.05, 4.69) is 14.2 Å². The van der Waals surface area contributed by atoms with Gasteiger partial charge >= 0.3 is 0 Å². The van der Waals surface area contributed by atoms with Crippen LogP contribution in [0.3, 0.4) is 0 Å². The summed E-state index contributed by atoms with van der Waals surface area (Å²) in [5, 5.41) is 15.9. The molecule has 0 unspecified atom stereocenters. The molecular weight excluding hydrogens is 188 g/mol. The Hall–Kier alpha value is -0.200. The number of hydrogen-bond acceptors (Lipinski definition) is 5. The average Bonchev–Trinajstić information content (AvgIpc) is 2.22. The summed E-state index contributed by atoms with van der Waals surface area (Å²) in [5.41, 5.74) is 0. The summed E-state index contributed by atoms with van der Waals surface area (Å²) in [6.07, 6.45) is 0. The highest BCUT2D eigenvalue weighted by Crippen LogP contribution is 1.57. The highest BCUT2D eigenvalue weighted by Gasteiger charge is 1.67. The highest BCUT2D eigenvalue weighted by atomic mass is 16.5. The van der Waals surface area contributed by atoms with Crippen LogP contribution in [0, 0.1) is 0 Å². The predicted octanol–water partition coefficient (Wildman–Crippen LogP) is -0.0971. The van der Waals surface area contributed by atoms with Gasteiger partial charge in [0.25, 0.3) is 0 Å². The summed E-state index contributed by atoms with van der Waals surface area (Å²) in [6, 6.07) is 0. The summed E-state index contributed by atoms with van der Waals surface area (Å²) < 4.78 is 13.4. The first kappa shape index (κ1) is 19.4. The fraction of sp³-hybridized carbons (Fsp3) is 1.00. The lowest BCUT2D eigenvalue weighted by Gasteiger charge is -1.84. The van der Waals surface area contributed by atoms with E-state index in [1.165, 1.54) is 0 Å². The van der Waals surface area contributed by atoms with Crippen LogP contribution in [0.5, 0.6) is 0 Å². The second kappa shape index (κ2) is 29.3. The third-order valence-electron chi connectivity index (χ3n) is 0.879. The van der Waals surface area contributed by atoms with E-state index in [4.69, 9.17) is 10.2 Å². The van der Waals surface area contributed by atoms with Gasteiger partial charge < -0.3 is 24.4 Å². The lowest BCUT2D eigenvalue weighted by molar-refractivity contribution is 0.135. The zero-order chi connectivity index (χ0) is 11.7. The molecule has 2 N–H and O–H groups in total. The molecule has 0 bridgehead atoms. The van der Waals surface area contributed by atoms with E-state index in [0.29, 0.717) is 13.2 Å². The van der Waals surface area contributed by atoms with Gasteiger partial charge in [0.1, 0.15) is 0 Å². The minimum atomic E-state index is 0.122. The molecule has 0 aliphatic heterocycles. The molecule has 0 aromatic heterocycles. The van der Waals surface area contributed by atoms with Crippen molar-refractivity contribution in [3.63, 3.8) is 0 Å². The standard InChI is InChI=1S/2C3H8O2.C3H8O/c2*1-5-3-2-4;1-3-4-2/h2*4H,2-3H2,1H3;3H2,1-2H3. The summed E-state index contributed by atoms with van der Waals surface area (Å²) in [4.78, 5) is 0. The van der Waals surface area contributed by atoms with Gasteiger partial charge in [0, 0.05) is 27.9 Å². The average molecular weight is 212 g/mol. The molecule has 0 atom stereocenters. The Bertz CT molecular complexity index is 49.2. The van der Waals surface area contributed by atoms with E-state index < -0.39 is 0 Å². The first-order valence-electron chi connectivity index (χ1n) is 4.43. The smallest absolute Gasteiger partial charge is 0.0693 e. The third kappa shape index (κ3) is 59.7. The van der Waals surface area contributed by atoms with Gasteiger partial charge in [0.05, 0.1) is 26.4 Å². The first-order chi connectivity index (χ1) is 6.74. The fourth-order valence-corrected chi connectivity index (χ4v) is 0.183. The van der Waals surface area contributed by atoms with Gasteiger partial charge in [-0.3, -0.25) is 0 Å². The van der Waals surface area contributed by atoms with Crippen LogP contribution in [0.15, 0.2) is 0 Å². The van der Waals surface area contributed by atoms with Crippen molar-refractivity contribution in [2.24, 2.45) is 0 Å². The lowest BCUT2D eigenvalue weighted by atomic mass is 10.8. The van der Waals surface area contributed by atoms with Gasteiger partial charge in [-0.25, -0.2) is 0 Å². The Labute approximate surface area is 86.6 Å². The van der Waals surface area contributed by atoms with Crippen molar-refractivity contribution in [3.8, 4) is 0 Å². The van der Waals surface area contributed by atoms with Gasteiger partial charge in [0.2, 0.25) is 0 Å². The lowest BCUT2D eigenvalue weighted by Crippen LogP contribution is -1.91. The molecule has 0 amide bonds. The molecule has 0 fully saturated rings. The second-order valence-corrected chi connectivity index (χ2v) is 2.01. The van der Waals surface area contributed by atoms with Crippen molar-refractivity contribution in [2.45, 2.75) is 6.92 Å². The molecule has 5 heteroatoms. The number of hydrogen-bond donors (Lipinski definition) is 2. The maximum absolute atomic E-state index is 7.94.